The van der Waals surface area contributed by atoms with E-state index in [4.69, 9.17) is 5.73 Å². The molecule has 5 nitrogen and oxygen atoms in total. The summed E-state index contributed by atoms with van der Waals surface area (Å²) in [6, 6.07) is 0.887. The van der Waals surface area contributed by atoms with Crippen LogP contribution in [0.3, 0.4) is 0 Å². The van der Waals surface area contributed by atoms with Gasteiger partial charge >= 0.3 is 0 Å². The largest absolute Gasteiger partial charge is 0.342 e. The molecule has 9 heteroatoms. The van der Waals surface area contributed by atoms with Gasteiger partial charge in [0.2, 0.25) is 5.91 Å². The van der Waals surface area contributed by atoms with Gasteiger partial charge in [-0.25, -0.2) is 21.6 Å². The second-order valence-electron chi connectivity index (χ2n) is 8.51. The summed E-state index contributed by atoms with van der Waals surface area (Å²) >= 11 is 0. The number of piperidine rings is 1. The van der Waals surface area contributed by atoms with Gasteiger partial charge in [0.15, 0.2) is 21.5 Å². The number of amides is 1. The summed E-state index contributed by atoms with van der Waals surface area (Å²) in [6.07, 6.45) is 5.27. The highest BCUT2D eigenvalue weighted by molar-refractivity contribution is 7.92. The van der Waals surface area contributed by atoms with Crippen LogP contribution in [0.25, 0.3) is 0 Å². The number of sulfone groups is 1. The minimum atomic E-state index is -3.44. The lowest BCUT2D eigenvalue weighted by molar-refractivity contribution is -0.129. The molecular formula is C21H29F3N2O3S. The second-order valence-corrected chi connectivity index (χ2v) is 10.8. The first-order valence-corrected chi connectivity index (χ1v) is 12.3. The first-order valence-electron chi connectivity index (χ1n) is 10.6. The van der Waals surface area contributed by atoms with Gasteiger partial charge < -0.3 is 10.6 Å². The van der Waals surface area contributed by atoms with Crippen molar-refractivity contribution < 1.29 is 26.4 Å². The van der Waals surface area contributed by atoms with Crippen LogP contribution in [-0.4, -0.2) is 49.4 Å². The van der Waals surface area contributed by atoms with E-state index in [1.54, 1.807) is 4.90 Å². The van der Waals surface area contributed by atoms with E-state index in [2.05, 4.69) is 0 Å². The predicted molar refractivity (Wildman–Crippen MR) is 108 cm³/mol. The Morgan fingerprint density at radius 3 is 2.23 bits per heavy atom. The lowest BCUT2D eigenvalue weighted by atomic mass is 9.86. The second kappa shape index (κ2) is 9.68. The Balaban J connectivity index is 1.51. The van der Waals surface area contributed by atoms with Crippen molar-refractivity contribution in [2.24, 2.45) is 11.7 Å². The molecule has 0 aromatic heterocycles. The number of nitrogens with zero attached hydrogens (tertiary/aromatic N) is 1. The van der Waals surface area contributed by atoms with Crippen molar-refractivity contribution in [3.8, 4) is 0 Å². The summed E-state index contributed by atoms with van der Waals surface area (Å²) in [5.41, 5.74) is 6.20. The average Bonchev–Trinajstić information content (AvgIpc) is 2.72. The van der Waals surface area contributed by atoms with Crippen molar-refractivity contribution in [1.29, 1.82) is 0 Å². The van der Waals surface area contributed by atoms with E-state index >= 15 is 0 Å². The number of likely N-dealkylation sites (tertiary alicyclic amines) is 1. The molecule has 1 heterocycles. The van der Waals surface area contributed by atoms with Crippen LogP contribution in [-0.2, 0) is 21.1 Å². The molecule has 30 heavy (non-hydrogen) atoms. The number of rotatable bonds is 6. The topological polar surface area (TPSA) is 80.5 Å². The Morgan fingerprint density at radius 2 is 1.60 bits per heavy atom. The maximum atomic E-state index is 13.9. The zero-order chi connectivity index (χ0) is 21.9. The molecule has 0 bridgehead atoms. The van der Waals surface area contributed by atoms with E-state index in [1.165, 1.54) is 0 Å². The van der Waals surface area contributed by atoms with E-state index in [1.807, 2.05) is 0 Å². The molecular weight excluding hydrogens is 417 g/mol. The summed E-state index contributed by atoms with van der Waals surface area (Å²) in [5.74, 6) is -4.02. The maximum absolute atomic E-state index is 13.9. The SMILES string of the molecule is N[C@H](Cc1cc(F)c(F)cc1F)C1CCN(C(=O)CS(=O)(=O)C2CCCCC2)CC1. The fraction of sp³-hybridized carbons (Fsp3) is 0.667. The molecule has 2 fully saturated rings. The van der Waals surface area contributed by atoms with E-state index in [0.29, 0.717) is 44.8 Å². The summed E-state index contributed by atoms with van der Waals surface area (Å²) in [5, 5.41) is -0.410. The molecule has 2 N–H and O–H groups in total. The molecule has 168 valence electrons. The molecule has 1 amide bonds. The van der Waals surface area contributed by atoms with E-state index in [9.17, 15) is 26.4 Å². The summed E-state index contributed by atoms with van der Waals surface area (Å²) in [6.45, 7) is 0.773. The number of halogens is 3. The molecule has 0 radical (unpaired) electrons. The molecule has 2 aliphatic rings. The lowest BCUT2D eigenvalue weighted by Gasteiger charge is -2.35. The molecule has 3 rings (SSSR count). The monoisotopic (exact) mass is 446 g/mol. The van der Waals surface area contributed by atoms with Crippen molar-refractivity contribution in [1.82, 2.24) is 4.90 Å². The standard InChI is InChI=1S/C21H29F3N2O3S/c22-17-12-19(24)18(23)10-15(17)11-20(25)14-6-8-26(9-7-14)21(27)13-30(28,29)16-4-2-1-3-5-16/h10,12,14,16,20H,1-9,11,13,25H2/t20-/m1/s1. The third kappa shape index (κ3) is 5.55. The molecule has 1 aliphatic heterocycles. The molecule has 0 unspecified atom stereocenters. The number of hydrogen-bond donors (Lipinski definition) is 1. The lowest BCUT2D eigenvalue weighted by Crippen LogP contribution is -2.46. The van der Waals surface area contributed by atoms with E-state index in [0.717, 1.165) is 25.3 Å². The first kappa shape index (κ1) is 23.1. The van der Waals surface area contributed by atoms with Crippen LogP contribution in [0.15, 0.2) is 12.1 Å². The van der Waals surface area contributed by atoms with E-state index in [-0.39, 0.29) is 23.8 Å². The molecule has 1 saturated heterocycles. The Kier molecular flexibility index (Phi) is 7.44. The smallest absolute Gasteiger partial charge is 0.237 e. The average molecular weight is 447 g/mol. The van der Waals surface area contributed by atoms with Gasteiger partial charge in [-0.3, -0.25) is 4.79 Å². The fourth-order valence-corrected chi connectivity index (χ4v) is 6.34. The highest BCUT2D eigenvalue weighted by Gasteiger charge is 2.33. The quantitative estimate of drug-likeness (QED) is 0.682. The highest BCUT2D eigenvalue weighted by atomic mass is 32.2. The van der Waals surface area contributed by atoms with Crippen LogP contribution < -0.4 is 5.73 Å². The van der Waals surface area contributed by atoms with Gasteiger partial charge in [-0.15, -0.1) is 0 Å². The maximum Gasteiger partial charge on any atom is 0.237 e. The Morgan fingerprint density at radius 1 is 1.00 bits per heavy atom. The van der Waals surface area contributed by atoms with Crippen LogP contribution in [0.2, 0.25) is 0 Å². The number of benzene rings is 1. The minimum absolute atomic E-state index is 0.0171. The molecule has 1 aromatic rings. The van der Waals surface area contributed by atoms with Crippen LogP contribution in [0.4, 0.5) is 13.2 Å². The third-order valence-electron chi connectivity index (χ3n) is 6.43. The summed E-state index contributed by atoms with van der Waals surface area (Å²) in [7, 11) is -3.44. The number of carbonyl (C=O) groups excluding carboxylic acids is 1. The summed E-state index contributed by atoms with van der Waals surface area (Å²) in [4.78, 5) is 14.1. The zero-order valence-corrected chi connectivity index (χ0v) is 17.8. The Labute approximate surface area is 175 Å². The third-order valence-corrected chi connectivity index (χ3v) is 8.56. The molecule has 1 atom stereocenters. The molecule has 1 aliphatic carbocycles. The highest BCUT2D eigenvalue weighted by Crippen LogP contribution is 2.26. The number of carbonyl (C=O) groups is 1. The van der Waals surface area contributed by atoms with Crippen molar-refractivity contribution in [3.05, 3.63) is 35.1 Å². The van der Waals surface area contributed by atoms with Crippen molar-refractivity contribution in [2.45, 2.75) is 62.7 Å². The Bertz CT molecular complexity index is 864. The van der Waals surface area contributed by atoms with Crippen molar-refractivity contribution in [2.75, 3.05) is 18.8 Å². The predicted octanol–water partition coefficient (Wildman–Crippen LogP) is 2.96. The van der Waals surface area contributed by atoms with Gasteiger partial charge in [-0.1, -0.05) is 19.3 Å². The van der Waals surface area contributed by atoms with Gasteiger partial charge in [-0.2, -0.15) is 0 Å². The molecule has 1 aromatic carbocycles. The number of hydrogen-bond acceptors (Lipinski definition) is 4. The molecule has 0 spiro atoms. The van der Waals surface area contributed by atoms with Crippen LogP contribution in [0, 0.1) is 23.4 Å². The van der Waals surface area contributed by atoms with Gasteiger partial charge in [0, 0.05) is 25.2 Å². The zero-order valence-electron chi connectivity index (χ0n) is 17.0. The van der Waals surface area contributed by atoms with Gasteiger partial charge in [0.25, 0.3) is 0 Å². The van der Waals surface area contributed by atoms with Crippen LogP contribution in [0.1, 0.15) is 50.5 Å². The minimum Gasteiger partial charge on any atom is -0.342 e. The van der Waals surface area contributed by atoms with Crippen LogP contribution >= 0.6 is 0 Å². The van der Waals surface area contributed by atoms with Gasteiger partial charge in [-0.05, 0) is 49.7 Å². The summed E-state index contributed by atoms with van der Waals surface area (Å²) < 4.78 is 65.4. The van der Waals surface area contributed by atoms with Gasteiger partial charge in [0.1, 0.15) is 11.6 Å². The normalized spacial score (nSPS) is 20.3. The van der Waals surface area contributed by atoms with Crippen molar-refractivity contribution >= 4 is 15.7 Å². The first-order chi connectivity index (χ1) is 14.2. The fourth-order valence-electron chi connectivity index (χ4n) is 4.52. The Hall–Kier alpha value is -1.61. The van der Waals surface area contributed by atoms with Crippen LogP contribution in [0.5, 0.6) is 0 Å². The van der Waals surface area contributed by atoms with Crippen molar-refractivity contribution in [3.63, 3.8) is 0 Å². The van der Waals surface area contributed by atoms with E-state index < -0.39 is 44.3 Å². The number of nitrogens with two attached hydrogens (primary N) is 1. The molecule has 1 saturated carbocycles. The van der Waals surface area contributed by atoms with Gasteiger partial charge in [0.05, 0.1) is 5.25 Å².